The lowest BCUT2D eigenvalue weighted by Crippen LogP contribution is -2.27. The van der Waals surface area contributed by atoms with Crippen LogP contribution >= 0.6 is 34.7 Å². The zero-order chi connectivity index (χ0) is 23.9. The quantitative estimate of drug-likeness (QED) is 0.218. The van der Waals surface area contributed by atoms with Gasteiger partial charge >= 0.3 is 0 Å². The zero-order valence-corrected chi connectivity index (χ0v) is 20.7. The number of hydrogen-bond acceptors (Lipinski definition) is 5. The fourth-order valence-electron chi connectivity index (χ4n) is 3.51. The van der Waals surface area contributed by atoms with Gasteiger partial charge in [0.25, 0.3) is 5.56 Å². The van der Waals surface area contributed by atoms with E-state index in [4.69, 9.17) is 11.6 Å². The highest BCUT2D eigenvalue weighted by Gasteiger charge is 2.15. The topological polar surface area (TPSA) is 64.0 Å². The maximum Gasteiger partial charge on any atom is 0.272 e. The first-order chi connectivity index (χ1) is 16.5. The molecule has 176 valence electrons. The molecule has 0 spiro atoms. The van der Waals surface area contributed by atoms with Crippen LogP contribution in [0.3, 0.4) is 0 Å². The minimum atomic E-state index is -0.391. The van der Waals surface area contributed by atoms with E-state index in [-0.39, 0.29) is 17.2 Å². The van der Waals surface area contributed by atoms with Crippen molar-refractivity contribution in [1.29, 1.82) is 0 Å². The number of nitrogens with one attached hydrogen (secondary N) is 1. The van der Waals surface area contributed by atoms with Crippen LogP contribution in [0, 0.1) is 5.82 Å². The van der Waals surface area contributed by atoms with E-state index in [1.807, 2.05) is 35.7 Å². The van der Waals surface area contributed by atoms with Gasteiger partial charge in [0, 0.05) is 35.8 Å². The summed E-state index contributed by atoms with van der Waals surface area (Å²) in [5.41, 5.74) is 2.01. The van der Waals surface area contributed by atoms with Gasteiger partial charge in [-0.15, -0.1) is 11.3 Å². The fourth-order valence-corrected chi connectivity index (χ4v) is 5.66. The van der Waals surface area contributed by atoms with Crippen LogP contribution in [0.1, 0.15) is 24.0 Å². The lowest BCUT2D eigenvalue weighted by Gasteiger charge is -2.13. The Bertz CT molecular complexity index is 1320. The van der Waals surface area contributed by atoms with Gasteiger partial charge < -0.3 is 5.32 Å². The fraction of sp³-hybridized carbons (Fsp3) is 0.240. The molecule has 1 amide bonds. The van der Waals surface area contributed by atoms with Gasteiger partial charge in [0.05, 0.1) is 5.52 Å². The van der Waals surface area contributed by atoms with Crippen molar-refractivity contribution in [2.45, 2.75) is 36.7 Å². The SMILES string of the molecule is O=C(CCCn1c(SCc2c(F)cccc2Cl)nc2ccsc2c1=O)NCCc1ccccc1. The second-order valence-electron chi connectivity index (χ2n) is 7.66. The van der Waals surface area contributed by atoms with E-state index in [2.05, 4.69) is 10.3 Å². The number of rotatable bonds is 10. The van der Waals surface area contributed by atoms with E-state index >= 15 is 0 Å². The van der Waals surface area contributed by atoms with Gasteiger partial charge in [0.15, 0.2) is 5.16 Å². The smallest absolute Gasteiger partial charge is 0.272 e. The molecule has 1 N–H and O–H groups in total. The summed E-state index contributed by atoms with van der Waals surface area (Å²) in [5.74, 6) is -0.202. The Morgan fingerprint density at radius 1 is 1.15 bits per heavy atom. The molecule has 0 radical (unpaired) electrons. The molecule has 0 saturated heterocycles. The van der Waals surface area contributed by atoms with Gasteiger partial charge in [-0.3, -0.25) is 14.2 Å². The molecule has 0 saturated carbocycles. The van der Waals surface area contributed by atoms with E-state index in [9.17, 15) is 14.0 Å². The van der Waals surface area contributed by atoms with Crippen LogP contribution in [-0.4, -0.2) is 22.0 Å². The average molecular weight is 516 g/mol. The van der Waals surface area contributed by atoms with Gasteiger partial charge in [-0.2, -0.15) is 0 Å². The standard InChI is InChI=1S/C25H23ClFN3O2S2/c26-19-8-4-9-20(27)18(19)16-34-25-29-21-12-15-33-23(21)24(32)30(25)14-5-10-22(31)28-13-11-17-6-2-1-3-7-17/h1-4,6-9,12,15H,5,10-11,13-14,16H2,(H,28,31). The number of fused-ring (bicyclic) bond motifs is 1. The Hall–Kier alpha value is -2.68. The summed E-state index contributed by atoms with van der Waals surface area (Å²) in [4.78, 5) is 30.0. The minimum absolute atomic E-state index is 0.0542. The molecule has 4 aromatic rings. The number of thioether (sulfide) groups is 1. The number of hydrogen-bond donors (Lipinski definition) is 1. The summed E-state index contributed by atoms with van der Waals surface area (Å²) < 4.78 is 16.4. The van der Waals surface area contributed by atoms with Gasteiger partial charge in [0.1, 0.15) is 10.5 Å². The molecule has 2 aromatic carbocycles. The van der Waals surface area contributed by atoms with Gasteiger partial charge in [-0.25, -0.2) is 9.37 Å². The van der Waals surface area contributed by atoms with Crippen LogP contribution in [0.4, 0.5) is 4.39 Å². The molecule has 0 aliphatic rings. The Morgan fingerprint density at radius 3 is 2.76 bits per heavy atom. The van der Waals surface area contributed by atoms with Crippen LogP contribution in [-0.2, 0) is 23.5 Å². The predicted molar refractivity (Wildman–Crippen MR) is 137 cm³/mol. The molecule has 0 atom stereocenters. The second-order valence-corrected chi connectivity index (χ2v) is 9.93. The van der Waals surface area contributed by atoms with Crippen LogP contribution in [0.5, 0.6) is 0 Å². The average Bonchev–Trinajstić information content (AvgIpc) is 3.30. The molecule has 0 bridgehead atoms. The van der Waals surface area contributed by atoms with Crippen molar-refractivity contribution in [3.8, 4) is 0 Å². The summed E-state index contributed by atoms with van der Waals surface area (Å²) in [5, 5.41) is 5.58. The Balaban J connectivity index is 1.40. The third kappa shape index (κ3) is 6.05. The zero-order valence-electron chi connectivity index (χ0n) is 18.3. The number of nitrogens with zero attached hydrogens (tertiary/aromatic N) is 2. The number of benzene rings is 2. The van der Waals surface area contributed by atoms with E-state index in [1.54, 1.807) is 22.8 Å². The van der Waals surface area contributed by atoms with E-state index < -0.39 is 5.82 Å². The lowest BCUT2D eigenvalue weighted by atomic mass is 10.1. The largest absolute Gasteiger partial charge is 0.356 e. The lowest BCUT2D eigenvalue weighted by molar-refractivity contribution is -0.121. The van der Waals surface area contributed by atoms with Crippen molar-refractivity contribution in [3.63, 3.8) is 0 Å². The number of halogens is 2. The van der Waals surface area contributed by atoms with Crippen LogP contribution in [0.15, 0.2) is 69.9 Å². The second kappa shape index (κ2) is 11.6. The normalized spacial score (nSPS) is 11.1. The highest BCUT2D eigenvalue weighted by molar-refractivity contribution is 7.98. The highest BCUT2D eigenvalue weighted by atomic mass is 35.5. The molecule has 0 aliphatic carbocycles. The summed E-state index contributed by atoms with van der Waals surface area (Å²) in [6, 6.07) is 16.3. The number of carbonyl (C=O) groups is 1. The number of carbonyl (C=O) groups excluding carboxylic acids is 1. The van der Waals surface area contributed by atoms with Crippen LogP contribution in [0.2, 0.25) is 5.02 Å². The Labute approximate surface area is 210 Å². The van der Waals surface area contributed by atoms with E-state index in [1.165, 1.54) is 34.7 Å². The van der Waals surface area contributed by atoms with Gasteiger partial charge in [0.2, 0.25) is 5.91 Å². The van der Waals surface area contributed by atoms with Gasteiger partial charge in [-0.05, 0) is 42.0 Å². The molecule has 9 heteroatoms. The maximum atomic E-state index is 14.2. The molecule has 4 rings (SSSR count). The highest BCUT2D eigenvalue weighted by Crippen LogP contribution is 2.28. The summed E-state index contributed by atoms with van der Waals surface area (Å²) >= 11 is 8.76. The molecular weight excluding hydrogens is 493 g/mol. The number of amides is 1. The van der Waals surface area contributed by atoms with Crippen molar-refractivity contribution in [3.05, 3.63) is 92.3 Å². The van der Waals surface area contributed by atoms with Crippen molar-refractivity contribution >= 4 is 50.8 Å². The molecule has 2 heterocycles. The monoisotopic (exact) mass is 515 g/mol. The summed E-state index contributed by atoms with van der Waals surface area (Å²) in [7, 11) is 0. The summed E-state index contributed by atoms with van der Waals surface area (Å²) in [6.45, 7) is 0.912. The Kier molecular flexibility index (Phi) is 8.37. The molecule has 0 fully saturated rings. The predicted octanol–water partition coefficient (Wildman–Crippen LogP) is 5.68. The number of aromatic nitrogens is 2. The molecule has 34 heavy (non-hydrogen) atoms. The van der Waals surface area contributed by atoms with Crippen molar-refractivity contribution in [2.75, 3.05) is 6.54 Å². The molecule has 5 nitrogen and oxygen atoms in total. The van der Waals surface area contributed by atoms with Gasteiger partial charge in [-0.1, -0.05) is 59.8 Å². The van der Waals surface area contributed by atoms with Crippen molar-refractivity contribution in [1.82, 2.24) is 14.9 Å². The third-order valence-electron chi connectivity index (χ3n) is 5.30. The minimum Gasteiger partial charge on any atom is -0.356 e. The third-order valence-corrected chi connectivity index (χ3v) is 7.55. The first-order valence-corrected chi connectivity index (χ1v) is 13.1. The van der Waals surface area contributed by atoms with Crippen molar-refractivity contribution in [2.24, 2.45) is 0 Å². The first kappa shape index (κ1) is 24.4. The molecular formula is C25H23ClFN3O2S2. The molecule has 0 unspecified atom stereocenters. The maximum absolute atomic E-state index is 14.2. The van der Waals surface area contributed by atoms with Crippen LogP contribution in [0.25, 0.3) is 10.2 Å². The molecule has 2 aromatic heterocycles. The van der Waals surface area contributed by atoms with E-state index in [0.29, 0.717) is 51.9 Å². The van der Waals surface area contributed by atoms with E-state index in [0.717, 1.165) is 6.42 Å². The molecule has 0 aliphatic heterocycles. The number of thiophene rings is 1. The van der Waals surface area contributed by atoms with Crippen molar-refractivity contribution < 1.29 is 9.18 Å². The summed E-state index contributed by atoms with van der Waals surface area (Å²) in [6.07, 6.45) is 1.56. The Morgan fingerprint density at radius 2 is 1.97 bits per heavy atom. The first-order valence-electron chi connectivity index (χ1n) is 10.9. The van der Waals surface area contributed by atoms with Crippen LogP contribution < -0.4 is 10.9 Å².